The third-order valence-corrected chi connectivity index (χ3v) is 21.5. The Balaban J connectivity index is 0.869. The summed E-state index contributed by atoms with van der Waals surface area (Å²) in [5.41, 5.74) is 6.94. The summed E-state index contributed by atoms with van der Waals surface area (Å²) < 4.78 is 56.7. The van der Waals surface area contributed by atoms with Crippen molar-refractivity contribution in [1.29, 1.82) is 0 Å². The van der Waals surface area contributed by atoms with Crippen LogP contribution in [-0.2, 0) is 77.2 Å². The van der Waals surface area contributed by atoms with E-state index in [1.807, 2.05) is 55.1 Å². The highest BCUT2D eigenvalue weighted by Gasteiger charge is 2.48. The van der Waals surface area contributed by atoms with Crippen molar-refractivity contribution in [2.75, 3.05) is 63.1 Å². The van der Waals surface area contributed by atoms with E-state index in [0.717, 1.165) is 48.8 Å². The van der Waals surface area contributed by atoms with E-state index in [2.05, 4.69) is 39.6 Å². The minimum Gasteiger partial charge on any atom is -0.493 e. The Morgan fingerprint density at radius 3 is 1.80 bits per heavy atom. The molecular weight excluding hydrogens is 1170 g/mol. The van der Waals surface area contributed by atoms with Crippen LogP contribution in [0.5, 0.6) is 23.0 Å². The molecule has 7 amide bonds. The topological polar surface area (TPSA) is 266 Å². The van der Waals surface area contributed by atoms with Gasteiger partial charge < -0.3 is 55.3 Å². The molecule has 21 nitrogen and oxygen atoms in total. The number of methoxy groups -OCH3 is 2. The first-order valence-electron chi connectivity index (χ1n) is 28.8. The van der Waals surface area contributed by atoms with Crippen molar-refractivity contribution in [3.63, 3.8) is 0 Å². The first-order chi connectivity index (χ1) is 41.7. The monoisotopic (exact) mass is 1250 g/mol. The Hall–Kier alpha value is -7.80. The third-order valence-electron chi connectivity index (χ3n) is 15.9. The summed E-state index contributed by atoms with van der Waals surface area (Å²) in [7, 11) is 4.80. The molecule has 0 saturated carbocycles. The number of carbonyl (C=O) groups excluding carboxylic acids is 7. The molecule has 2 unspecified atom stereocenters. The number of carbonyl (C=O) groups is 7. The third kappa shape index (κ3) is 15.3. The molecule has 4 heterocycles. The number of ether oxygens (including phenoxy) is 4. The first kappa shape index (κ1) is 63.7. The van der Waals surface area contributed by atoms with E-state index in [1.54, 1.807) is 77.2 Å². The lowest BCUT2D eigenvalue weighted by atomic mass is 9.99. The van der Waals surface area contributed by atoms with Crippen LogP contribution in [0.25, 0.3) is 0 Å². The molecule has 5 aromatic carbocycles. The van der Waals surface area contributed by atoms with Crippen molar-refractivity contribution in [2.45, 2.75) is 119 Å². The number of nitrogens with one attached hydrogen (secondary N) is 5. The standard InChI is InChI=1S/C63H73N7O14S3/c1-37(16-19-56(71)64-4)85-86-63(2,3)21-20-57(72)65-32-58(73)66-33-59(74)67-34-60(75)68-44-23-38(35-83-53-27-40-17-18-45-25-41-12-8-10-14-48(41)69(45)61(76)46(40)30-51(53)80-5)22-39(24-44)36-84-54-28-43-29-55(87(78,79)82-7)50-26-42-13-9-11-15-49(42)70(50)62(77)47(43)31-52(54)81-6/h8-15,22-24,27-28,30-31,37,45,50,55H,16-21,25-26,29,32-36H2,1-7H3,(H,64,71)(H,65,72)(H,66,73)(H,67,74)(H,68,75)/t37?,45-,50+,55?/m1/s1. The maximum Gasteiger partial charge on any atom is 0.272 e. The van der Waals surface area contributed by atoms with Gasteiger partial charge in [-0.15, -0.1) is 0 Å². The molecule has 5 N–H and O–H groups in total. The second-order valence-corrected chi connectivity index (χ2v) is 27.7. The highest BCUT2D eigenvalue weighted by atomic mass is 33.1. The van der Waals surface area contributed by atoms with Gasteiger partial charge in [0.1, 0.15) is 18.5 Å². The van der Waals surface area contributed by atoms with Gasteiger partial charge in [-0.2, -0.15) is 8.42 Å². The van der Waals surface area contributed by atoms with Gasteiger partial charge in [-0.3, -0.25) is 37.7 Å². The number of amides is 7. The van der Waals surface area contributed by atoms with Crippen molar-refractivity contribution in [1.82, 2.24) is 21.3 Å². The number of anilines is 3. The lowest BCUT2D eigenvalue weighted by Crippen LogP contribution is -2.47. The molecule has 0 spiro atoms. The molecule has 4 aliphatic rings. The molecule has 4 atom stereocenters. The van der Waals surface area contributed by atoms with Gasteiger partial charge in [-0.1, -0.05) is 64.9 Å². The minimum atomic E-state index is -4.17. The van der Waals surface area contributed by atoms with Crippen LogP contribution in [0.4, 0.5) is 17.1 Å². The average molecular weight is 1250 g/mol. The van der Waals surface area contributed by atoms with Gasteiger partial charge in [0.05, 0.1) is 47.0 Å². The zero-order chi connectivity index (χ0) is 62.2. The highest BCUT2D eigenvalue weighted by Crippen LogP contribution is 2.45. The number of rotatable bonds is 26. The molecule has 0 saturated heterocycles. The predicted molar refractivity (Wildman–Crippen MR) is 333 cm³/mol. The molecule has 0 fully saturated rings. The Labute approximate surface area is 514 Å². The largest absolute Gasteiger partial charge is 0.493 e. The number of benzene rings is 5. The Kier molecular flexibility index (Phi) is 20.4. The fourth-order valence-corrected chi connectivity index (χ4v) is 15.1. The molecule has 0 bridgehead atoms. The fraction of sp³-hybridized carbons (Fsp3) is 0.413. The maximum absolute atomic E-state index is 14.5. The van der Waals surface area contributed by atoms with E-state index in [-0.39, 0.29) is 83.4 Å². The summed E-state index contributed by atoms with van der Waals surface area (Å²) in [5, 5.41) is 12.1. The zero-order valence-corrected chi connectivity index (χ0v) is 52.2. The van der Waals surface area contributed by atoms with Gasteiger partial charge in [0.25, 0.3) is 21.9 Å². The van der Waals surface area contributed by atoms with Crippen LogP contribution in [0.2, 0.25) is 0 Å². The number of nitrogens with zero attached hydrogens (tertiary/aromatic N) is 2. The lowest BCUT2D eigenvalue weighted by Gasteiger charge is -2.28. The van der Waals surface area contributed by atoms with E-state index < -0.39 is 58.1 Å². The van der Waals surface area contributed by atoms with E-state index >= 15 is 0 Å². The highest BCUT2D eigenvalue weighted by molar-refractivity contribution is 8.77. The second kappa shape index (κ2) is 27.9. The van der Waals surface area contributed by atoms with Crippen molar-refractivity contribution in [3.8, 4) is 23.0 Å². The number of aryl methyl sites for hydroxylation is 1. The number of fused-ring (bicyclic) bond motifs is 8. The summed E-state index contributed by atoms with van der Waals surface area (Å²) in [6.07, 6.45) is 4.27. The van der Waals surface area contributed by atoms with Crippen LogP contribution in [0, 0.1) is 0 Å². The first-order valence-corrected chi connectivity index (χ1v) is 32.4. The Morgan fingerprint density at radius 1 is 0.644 bits per heavy atom. The van der Waals surface area contributed by atoms with Crippen LogP contribution in [0.1, 0.15) is 107 Å². The summed E-state index contributed by atoms with van der Waals surface area (Å²) in [5.74, 6) is -1.53. The lowest BCUT2D eigenvalue weighted by molar-refractivity contribution is -0.128. The summed E-state index contributed by atoms with van der Waals surface area (Å²) >= 11 is 0. The van der Waals surface area contributed by atoms with E-state index in [4.69, 9.17) is 23.1 Å². The molecule has 9 rings (SSSR count). The van der Waals surface area contributed by atoms with Crippen molar-refractivity contribution < 1.29 is 65.1 Å². The molecule has 462 valence electrons. The van der Waals surface area contributed by atoms with Crippen LogP contribution in [-0.4, -0.2) is 125 Å². The molecule has 5 aromatic rings. The van der Waals surface area contributed by atoms with Gasteiger partial charge >= 0.3 is 0 Å². The molecule has 0 aliphatic carbocycles. The van der Waals surface area contributed by atoms with Crippen molar-refractivity contribution in [3.05, 3.63) is 136 Å². The van der Waals surface area contributed by atoms with Crippen molar-refractivity contribution >= 4 is 90.1 Å². The van der Waals surface area contributed by atoms with Crippen LogP contribution in [0.15, 0.2) is 91.0 Å². The smallest absolute Gasteiger partial charge is 0.272 e. The van der Waals surface area contributed by atoms with E-state index in [0.29, 0.717) is 70.8 Å². The SMILES string of the molecule is CNC(=O)CCC(C)SSC(C)(C)CCC(=O)NCC(=O)NCC(=O)NCC(=O)Nc1cc(COc2cc3c(cc2OC)C(=O)N2c4ccccc4C[C@H]2CC3)cc(COc2cc3c(cc2OC)C(=O)N2c4ccccc4C[C@H]2C(S(=O)(=O)OC)C3)c1. The van der Waals surface area contributed by atoms with E-state index in [1.165, 1.54) is 19.1 Å². The predicted octanol–water partition coefficient (Wildman–Crippen LogP) is 6.99. The number of hydrogen-bond donors (Lipinski definition) is 5. The Morgan fingerprint density at radius 2 is 1.20 bits per heavy atom. The van der Waals surface area contributed by atoms with Crippen LogP contribution >= 0.6 is 21.6 Å². The van der Waals surface area contributed by atoms with Gasteiger partial charge in [-0.25, -0.2) is 0 Å². The molecule has 0 aromatic heterocycles. The molecule has 4 aliphatic heterocycles. The average Bonchev–Trinajstić information content (AvgIpc) is 1.65. The summed E-state index contributed by atoms with van der Waals surface area (Å²) in [6, 6.07) is 26.4. The van der Waals surface area contributed by atoms with Gasteiger partial charge in [0.15, 0.2) is 23.0 Å². The van der Waals surface area contributed by atoms with Crippen LogP contribution in [0.3, 0.4) is 0 Å². The fourth-order valence-electron chi connectivity index (χ4n) is 11.3. The summed E-state index contributed by atoms with van der Waals surface area (Å²) in [4.78, 5) is 95.5. The van der Waals surface area contributed by atoms with Gasteiger partial charge in [-0.05, 0) is 147 Å². The van der Waals surface area contributed by atoms with Gasteiger partial charge in [0, 0.05) is 64.1 Å². The maximum atomic E-state index is 14.5. The second-order valence-electron chi connectivity index (χ2n) is 22.5. The van der Waals surface area contributed by atoms with E-state index in [9.17, 15) is 42.0 Å². The minimum absolute atomic E-state index is 0.00801. The van der Waals surface area contributed by atoms with Gasteiger partial charge in [0.2, 0.25) is 29.5 Å². The van der Waals surface area contributed by atoms with Crippen LogP contribution < -0.4 is 55.3 Å². The van der Waals surface area contributed by atoms with Crippen molar-refractivity contribution in [2.24, 2.45) is 0 Å². The zero-order valence-electron chi connectivity index (χ0n) is 49.7. The number of para-hydroxylation sites is 2. The molecular formula is C63H73N7O14S3. The summed E-state index contributed by atoms with van der Waals surface area (Å²) in [6.45, 7) is 4.66. The molecule has 0 radical (unpaired) electrons. The number of hydrogen-bond acceptors (Lipinski definition) is 16. The Bertz CT molecular complexity index is 3580. The normalized spacial score (nSPS) is 16.9. The quantitative estimate of drug-likeness (QED) is 0.0276. The molecule has 87 heavy (non-hydrogen) atoms. The molecule has 24 heteroatoms.